The molecule has 0 aliphatic heterocycles. The minimum absolute atomic E-state index is 0.0665. The average Bonchev–Trinajstić information content (AvgIpc) is 3.35. The molecule has 2 amide bonds. The SMILES string of the molecule is O=C(Nc1ccc(C(=O)NC2CC2)cc1)c1ccc(Cn2cccn2)cc1. The molecule has 1 aromatic heterocycles. The largest absolute Gasteiger partial charge is 0.349 e. The van der Waals surface area contributed by atoms with Gasteiger partial charge in [0.1, 0.15) is 0 Å². The van der Waals surface area contributed by atoms with Gasteiger partial charge in [-0.25, -0.2) is 0 Å². The van der Waals surface area contributed by atoms with E-state index >= 15 is 0 Å². The summed E-state index contributed by atoms with van der Waals surface area (Å²) in [6, 6.07) is 16.6. The first kappa shape index (κ1) is 17.0. The molecule has 27 heavy (non-hydrogen) atoms. The van der Waals surface area contributed by atoms with Crippen molar-refractivity contribution in [3.8, 4) is 0 Å². The van der Waals surface area contributed by atoms with E-state index in [1.807, 2.05) is 29.1 Å². The van der Waals surface area contributed by atoms with E-state index in [1.54, 1.807) is 42.6 Å². The van der Waals surface area contributed by atoms with Gasteiger partial charge in [-0.1, -0.05) is 12.1 Å². The topological polar surface area (TPSA) is 76.0 Å². The van der Waals surface area contributed by atoms with E-state index in [-0.39, 0.29) is 11.8 Å². The van der Waals surface area contributed by atoms with Crippen molar-refractivity contribution in [1.82, 2.24) is 15.1 Å². The third kappa shape index (κ3) is 4.41. The van der Waals surface area contributed by atoms with Gasteiger partial charge in [-0.3, -0.25) is 14.3 Å². The monoisotopic (exact) mass is 360 g/mol. The van der Waals surface area contributed by atoms with E-state index in [2.05, 4.69) is 15.7 Å². The van der Waals surface area contributed by atoms with E-state index in [4.69, 9.17) is 0 Å². The summed E-state index contributed by atoms with van der Waals surface area (Å²) in [5.41, 5.74) is 2.91. The van der Waals surface area contributed by atoms with Crippen molar-refractivity contribution in [3.05, 3.63) is 83.7 Å². The number of nitrogens with zero attached hydrogens (tertiary/aromatic N) is 2. The Labute approximate surface area is 157 Å². The van der Waals surface area contributed by atoms with Crippen LogP contribution < -0.4 is 10.6 Å². The highest BCUT2D eigenvalue weighted by molar-refractivity contribution is 6.04. The number of amides is 2. The van der Waals surface area contributed by atoms with Crippen LogP contribution in [0.4, 0.5) is 5.69 Å². The van der Waals surface area contributed by atoms with E-state index in [1.165, 1.54) is 0 Å². The number of hydrogen-bond donors (Lipinski definition) is 2. The lowest BCUT2D eigenvalue weighted by Crippen LogP contribution is -2.25. The second kappa shape index (κ2) is 7.45. The summed E-state index contributed by atoms with van der Waals surface area (Å²) in [6.45, 7) is 0.666. The van der Waals surface area contributed by atoms with Crippen molar-refractivity contribution >= 4 is 17.5 Å². The molecule has 0 saturated heterocycles. The molecule has 3 aromatic rings. The summed E-state index contributed by atoms with van der Waals surface area (Å²) < 4.78 is 1.83. The summed E-state index contributed by atoms with van der Waals surface area (Å²) in [7, 11) is 0. The quantitative estimate of drug-likeness (QED) is 0.709. The molecule has 1 aliphatic rings. The van der Waals surface area contributed by atoms with Gasteiger partial charge >= 0.3 is 0 Å². The zero-order valence-electron chi connectivity index (χ0n) is 14.8. The average molecular weight is 360 g/mol. The highest BCUT2D eigenvalue weighted by Crippen LogP contribution is 2.20. The van der Waals surface area contributed by atoms with Gasteiger partial charge in [0.2, 0.25) is 0 Å². The summed E-state index contributed by atoms with van der Waals surface area (Å²) in [6.07, 6.45) is 5.75. The second-order valence-corrected chi connectivity index (χ2v) is 6.68. The highest BCUT2D eigenvalue weighted by atomic mass is 16.2. The molecule has 136 valence electrons. The minimum atomic E-state index is -0.184. The van der Waals surface area contributed by atoms with Crippen molar-refractivity contribution in [2.45, 2.75) is 25.4 Å². The van der Waals surface area contributed by atoms with Crippen LogP contribution in [0.5, 0.6) is 0 Å². The molecule has 0 spiro atoms. The minimum Gasteiger partial charge on any atom is -0.349 e. The molecule has 2 aromatic carbocycles. The Morgan fingerprint density at radius 1 is 0.963 bits per heavy atom. The number of aromatic nitrogens is 2. The van der Waals surface area contributed by atoms with Gasteiger partial charge in [-0.15, -0.1) is 0 Å². The number of hydrogen-bond acceptors (Lipinski definition) is 3. The predicted octanol–water partition coefficient (Wildman–Crippen LogP) is 3.08. The lowest BCUT2D eigenvalue weighted by molar-refractivity contribution is 0.0950. The van der Waals surface area contributed by atoms with Crippen LogP contribution in [0.3, 0.4) is 0 Å². The third-order valence-corrected chi connectivity index (χ3v) is 4.44. The summed E-state index contributed by atoms with van der Waals surface area (Å²) in [5, 5.41) is 9.97. The maximum atomic E-state index is 12.4. The normalized spacial score (nSPS) is 13.2. The van der Waals surface area contributed by atoms with E-state index < -0.39 is 0 Å². The Morgan fingerprint density at radius 3 is 2.26 bits per heavy atom. The molecule has 0 bridgehead atoms. The van der Waals surface area contributed by atoms with Gasteiger partial charge in [-0.2, -0.15) is 5.10 Å². The van der Waals surface area contributed by atoms with Crippen molar-refractivity contribution in [1.29, 1.82) is 0 Å². The number of nitrogens with one attached hydrogen (secondary N) is 2. The molecule has 4 rings (SSSR count). The Balaban J connectivity index is 1.36. The van der Waals surface area contributed by atoms with Crippen molar-refractivity contribution in [2.24, 2.45) is 0 Å². The fourth-order valence-electron chi connectivity index (χ4n) is 2.75. The number of carbonyl (C=O) groups is 2. The van der Waals surface area contributed by atoms with E-state index in [0.29, 0.717) is 29.4 Å². The highest BCUT2D eigenvalue weighted by Gasteiger charge is 2.23. The lowest BCUT2D eigenvalue weighted by Gasteiger charge is -2.08. The molecular formula is C21H20N4O2. The van der Waals surface area contributed by atoms with Gasteiger partial charge in [-0.05, 0) is 60.9 Å². The van der Waals surface area contributed by atoms with Crippen LogP contribution in [-0.2, 0) is 6.54 Å². The first-order chi connectivity index (χ1) is 13.2. The number of anilines is 1. The van der Waals surface area contributed by atoms with Gasteiger partial charge in [0.05, 0.1) is 6.54 Å². The molecule has 2 N–H and O–H groups in total. The Bertz CT molecular complexity index is 927. The Morgan fingerprint density at radius 2 is 1.63 bits per heavy atom. The molecule has 0 unspecified atom stereocenters. The van der Waals surface area contributed by atoms with Gasteiger partial charge < -0.3 is 10.6 Å². The Hall–Kier alpha value is -3.41. The first-order valence-electron chi connectivity index (χ1n) is 8.96. The maximum absolute atomic E-state index is 12.4. The van der Waals surface area contributed by atoms with Crippen molar-refractivity contribution in [2.75, 3.05) is 5.32 Å². The summed E-state index contributed by atoms with van der Waals surface area (Å²) >= 11 is 0. The number of benzene rings is 2. The van der Waals surface area contributed by atoms with Crippen LogP contribution in [0, 0.1) is 0 Å². The molecule has 6 nitrogen and oxygen atoms in total. The van der Waals surface area contributed by atoms with Crippen LogP contribution in [-0.4, -0.2) is 27.6 Å². The molecule has 6 heteroatoms. The van der Waals surface area contributed by atoms with Gasteiger partial charge in [0.15, 0.2) is 0 Å². The zero-order chi connectivity index (χ0) is 18.6. The van der Waals surface area contributed by atoms with Crippen LogP contribution in [0.1, 0.15) is 39.1 Å². The Kier molecular flexibility index (Phi) is 4.70. The lowest BCUT2D eigenvalue weighted by atomic mass is 10.1. The summed E-state index contributed by atoms with van der Waals surface area (Å²) in [5.74, 6) is -0.251. The third-order valence-electron chi connectivity index (χ3n) is 4.44. The molecule has 1 fully saturated rings. The van der Waals surface area contributed by atoms with E-state index in [9.17, 15) is 9.59 Å². The molecule has 1 saturated carbocycles. The van der Waals surface area contributed by atoms with Crippen LogP contribution in [0.2, 0.25) is 0 Å². The maximum Gasteiger partial charge on any atom is 0.255 e. The van der Waals surface area contributed by atoms with E-state index in [0.717, 1.165) is 18.4 Å². The number of rotatable bonds is 6. The van der Waals surface area contributed by atoms with Crippen LogP contribution in [0.25, 0.3) is 0 Å². The van der Waals surface area contributed by atoms with Crippen LogP contribution >= 0.6 is 0 Å². The summed E-state index contributed by atoms with van der Waals surface area (Å²) in [4.78, 5) is 24.4. The van der Waals surface area contributed by atoms with Gasteiger partial charge in [0.25, 0.3) is 11.8 Å². The second-order valence-electron chi connectivity index (χ2n) is 6.68. The molecule has 0 atom stereocenters. The smallest absolute Gasteiger partial charge is 0.255 e. The van der Waals surface area contributed by atoms with Crippen molar-refractivity contribution in [3.63, 3.8) is 0 Å². The first-order valence-corrected chi connectivity index (χ1v) is 8.96. The standard InChI is InChI=1S/C21H20N4O2/c26-20(16-4-2-15(3-5-16)14-25-13-1-12-22-25)23-18-8-6-17(7-9-18)21(27)24-19-10-11-19/h1-9,12-13,19H,10-11,14H2,(H,23,26)(H,24,27). The van der Waals surface area contributed by atoms with Crippen LogP contribution in [0.15, 0.2) is 67.0 Å². The number of carbonyl (C=O) groups excluding carboxylic acids is 2. The fraction of sp³-hybridized carbons (Fsp3) is 0.190. The van der Waals surface area contributed by atoms with Gasteiger partial charge in [0, 0.05) is 35.2 Å². The molecule has 1 heterocycles. The molecule has 0 radical (unpaired) electrons. The van der Waals surface area contributed by atoms with Crippen molar-refractivity contribution < 1.29 is 9.59 Å². The molecular weight excluding hydrogens is 340 g/mol. The molecule has 1 aliphatic carbocycles. The predicted molar refractivity (Wildman–Crippen MR) is 103 cm³/mol. The fourth-order valence-corrected chi connectivity index (χ4v) is 2.75. The zero-order valence-corrected chi connectivity index (χ0v) is 14.8.